The van der Waals surface area contributed by atoms with Crippen LogP contribution in [-0.4, -0.2) is 16.6 Å². The summed E-state index contributed by atoms with van der Waals surface area (Å²) in [6, 6.07) is 7.68. The summed E-state index contributed by atoms with van der Waals surface area (Å²) in [5.74, 6) is 1.37. The van der Waals surface area contributed by atoms with Crippen LogP contribution in [0.25, 0.3) is 11.4 Å². The molecule has 0 fully saturated rings. The standard InChI is InChI=1S/C16H18N2O2/c1-2-20-14-10-6-4-8-12(14)15-17-13-9-5-3-7-11(13)16(19)18-15/h4,6,8,10H,2-3,5,7,9H2,1H3,(H,17,18,19). The molecule has 4 nitrogen and oxygen atoms in total. The van der Waals surface area contributed by atoms with E-state index in [9.17, 15) is 4.79 Å². The quantitative estimate of drug-likeness (QED) is 0.933. The van der Waals surface area contributed by atoms with Gasteiger partial charge in [-0.15, -0.1) is 0 Å². The maximum Gasteiger partial charge on any atom is 0.254 e. The molecule has 0 bridgehead atoms. The summed E-state index contributed by atoms with van der Waals surface area (Å²) in [6.45, 7) is 2.53. The van der Waals surface area contributed by atoms with E-state index >= 15 is 0 Å². The number of aromatic amines is 1. The summed E-state index contributed by atoms with van der Waals surface area (Å²) < 4.78 is 5.61. The smallest absolute Gasteiger partial charge is 0.254 e. The number of ether oxygens (including phenoxy) is 1. The third kappa shape index (κ3) is 2.33. The number of rotatable bonds is 3. The van der Waals surface area contributed by atoms with E-state index in [1.165, 1.54) is 0 Å². The van der Waals surface area contributed by atoms with Crippen molar-refractivity contribution in [3.8, 4) is 17.1 Å². The van der Waals surface area contributed by atoms with Gasteiger partial charge in [0.05, 0.1) is 17.9 Å². The van der Waals surface area contributed by atoms with E-state index in [0.29, 0.717) is 12.4 Å². The van der Waals surface area contributed by atoms with Crippen LogP contribution in [0.3, 0.4) is 0 Å². The van der Waals surface area contributed by atoms with Crippen LogP contribution in [-0.2, 0) is 12.8 Å². The van der Waals surface area contributed by atoms with Gasteiger partial charge in [-0.3, -0.25) is 4.79 Å². The van der Waals surface area contributed by atoms with E-state index in [4.69, 9.17) is 4.74 Å². The van der Waals surface area contributed by atoms with E-state index in [-0.39, 0.29) is 5.56 Å². The minimum atomic E-state index is -0.00370. The molecule has 1 N–H and O–H groups in total. The molecule has 1 heterocycles. The molecule has 1 aromatic carbocycles. The molecule has 0 aliphatic heterocycles. The van der Waals surface area contributed by atoms with Crippen LogP contribution in [0.2, 0.25) is 0 Å². The van der Waals surface area contributed by atoms with Crippen LogP contribution in [0.1, 0.15) is 31.0 Å². The number of aryl methyl sites for hydroxylation is 1. The number of fused-ring (bicyclic) bond motifs is 1. The average molecular weight is 270 g/mol. The highest BCUT2D eigenvalue weighted by Crippen LogP contribution is 2.27. The summed E-state index contributed by atoms with van der Waals surface area (Å²) in [5, 5.41) is 0. The van der Waals surface area contributed by atoms with Crippen molar-refractivity contribution in [1.29, 1.82) is 0 Å². The summed E-state index contributed by atoms with van der Waals surface area (Å²) >= 11 is 0. The Morgan fingerprint density at radius 2 is 2.05 bits per heavy atom. The highest BCUT2D eigenvalue weighted by Gasteiger charge is 2.17. The molecule has 4 heteroatoms. The van der Waals surface area contributed by atoms with E-state index in [0.717, 1.165) is 48.3 Å². The second-order valence-electron chi connectivity index (χ2n) is 4.98. The summed E-state index contributed by atoms with van der Waals surface area (Å²) in [4.78, 5) is 19.7. The number of hydrogen-bond acceptors (Lipinski definition) is 3. The zero-order valence-corrected chi connectivity index (χ0v) is 11.6. The minimum absolute atomic E-state index is 0.00370. The van der Waals surface area contributed by atoms with Crippen molar-refractivity contribution in [2.45, 2.75) is 32.6 Å². The summed E-state index contributed by atoms with van der Waals surface area (Å²) in [5.41, 5.74) is 2.64. The Balaban J connectivity index is 2.11. The fourth-order valence-electron chi connectivity index (χ4n) is 2.67. The van der Waals surface area contributed by atoms with Crippen LogP contribution >= 0.6 is 0 Å². The number of hydrogen-bond donors (Lipinski definition) is 1. The Bertz CT molecular complexity index is 676. The van der Waals surface area contributed by atoms with Gasteiger partial charge in [-0.05, 0) is 44.7 Å². The van der Waals surface area contributed by atoms with E-state index in [2.05, 4.69) is 9.97 Å². The zero-order valence-electron chi connectivity index (χ0n) is 11.6. The zero-order chi connectivity index (χ0) is 13.9. The Kier molecular flexibility index (Phi) is 3.54. The van der Waals surface area contributed by atoms with Crippen molar-refractivity contribution in [3.63, 3.8) is 0 Å². The van der Waals surface area contributed by atoms with Crippen LogP contribution in [0.15, 0.2) is 29.1 Å². The second kappa shape index (κ2) is 5.49. The molecule has 0 saturated carbocycles. The maximum atomic E-state index is 12.2. The van der Waals surface area contributed by atoms with Crippen LogP contribution in [0.4, 0.5) is 0 Å². The van der Waals surface area contributed by atoms with Gasteiger partial charge in [0.1, 0.15) is 11.6 Å². The number of nitrogens with one attached hydrogen (secondary N) is 1. The highest BCUT2D eigenvalue weighted by molar-refractivity contribution is 5.64. The lowest BCUT2D eigenvalue weighted by molar-refractivity contribution is 0.341. The third-order valence-corrected chi connectivity index (χ3v) is 3.63. The van der Waals surface area contributed by atoms with Gasteiger partial charge in [-0.25, -0.2) is 4.98 Å². The normalized spacial score (nSPS) is 13.8. The van der Waals surface area contributed by atoms with Crippen molar-refractivity contribution >= 4 is 0 Å². The van der Waals surface area contributed by atoms with E-state index in [1.54, 1.807) is 0 Å². The first-order valence-electron chi connectivity index (χ1n) is 7.14. The number of aromatic nitrogens is 2. The van der Waals surface area contributed by atoms with Gasteiger partial charge in [0.2, 0.25) is 0 Å². The molecule has 104 valence electrons. The molecule has 0 amide bonds. The van der Waals surface area contributed by atoms with Crippen LogP contribution in [0, 0.1) is 0 Å². The summed E-state index contributed by atoms with van der Waals surface area (Å²) in [7, 11) is 0. The Labute approximate surface area is 117 Å². The average Bonchev–Trinajstić information content (AvgIpc) is 2.48. The lowest BCUT2D eigenvalue weighted by Gasteiger charge is -2.15. The molecule has 0 radical (unpaired) electrons. The Morgan fingerprint density at radius 1 is 1.25 bits per heavy atom. The predicted molar refractivity (Wildman–Crippen MR) is 78.1 cm³/mol. The fourth-order valence-corrected chi connectivity index (χ4v) is 2.67. The molecule has 2 aromatic rings. The van der Waals surface area contributed by atoms with Gasteiger partial charge in [-0.1, -0.05) is 12.1 Å². The molecular formula is C16H18N2O2. The van der Waals surface area contributed by atoms with Gasteiger partial charge in [-0.2, -0.15) is 0 Å². The highest BCUT2D eigenvalue weighted by atomic mass is 16.5. The monoisotopic (exact) mass is 270 g/mol. The number of H-pyrrole nitrogens is 1. The molecule has 1 aliphatic rings. The van der Waals surface area contributed by atoms with Crippen molar-refractivity contribution in [2.75, 3.05) is 6.61 Å². The Hall–Kier alpha value is -2.10. The Morgan fingerprint density at radius 3 is 2.90 bits per heavy atom. The van der Waals surface area contributed by atoms with E-state index < -0.39 is 0 Å². The van der Waals surface area contributed by atoms with E-state index in [1.807, 2.05) is 31.2 Å². The first-order valence-corrected chi connectivity index (χ1v) is 7.14. The number of para-hydroxylation sites is 1. The molecule has 3 rings (SSSR count). The lowest BCUT2D eigenvalue weighted by atomic mass is 9.97. The molecular weight excluding hydrogens is 252 g/mol. The van der Waals surface area contributed by atoms with Gasteiger partial charge >= 0.3 is 0 Å². The fraction of sp³-hybridized carbons (Fsp3) is 0.375. The maximum absolute atomic E-state index is 12.2. The minimum Gasteiger partial charge on any atom is -0.493 e. The summed E-state index contributed by atoms with van der Waals surface area (Å²) in [6.07, 6.45) is 3.91. The first-order chi connectivity index (χ1) is 9.79. The molecule has 1 aromatic heterocycles. The predicted octanol–water partition coefficient (Wildman–Crippen LogP) is 2.71. The topological polar surface area (TPSA) is 55.0 Å². The number of nitrogens with zero attached hydrogens (tertiary/aromatic N) is 1. The SMILES string of the molecule is CCOc1ccccc1-c1nc2c(c(=O)[nH]1)CCCC2. The first kappa shape index (κ1) is 12.9. The molecule has 0 spiro atoms. The largest absolute Gasteiger partial charge is 0.493 e. The molecule has 20 heavy (non-hydrogen) atoms. The lowest BCUT2D eigenvalue weighted by Crippen LogP contribution is -2.21. The van der Waals surface area contributed by atoms with Gasteiger partial charge in [0.15, 0.2) is 0 Å². The van der Waals surface area contributed by atoms with Crippen molar-refractivity contribution in [1.82, 2.24) is 9.97 Å². The van der Waals surface area contributed by atoms with Gasteiger partial charge in [0, 0.05) is 5.56 Å². The van der Waals surface area contributed by atoms with Crippen molar-refractivity contribution in [2.24, 2.45) is 0 Å². The number of benzene rings is 1. The third-order valence-electron chi connectivity index (χ3n) is 3.63. The van der Waals surface area contributed by atoms with Crippen LogP contribution in [0.5, 0.6) is 5.75 Å². The van der Waals surface area contributed by atoms with Gasteiger partial charge < -0.3 is 9.72 Å². The molecule has 0 saturated heterocycles. The molecule has 1 aliphatic carbocycles. The molecule has 0 unspecified atom stereocenters. The van der Waals surface area contributed by atoms with Crippen LogP contribution < -0.4 is 10.3 Å². The van der Waals surface area contributed by atoms with Crippen molar-refractivity contribution < 1.29 is 4.74 Å². The van der Waals surface area contributed by atoms with Gasteiger partial charge in [0.25, 0.3) is 5.56 Å². The molecule has 0 atom stereocenters. The van der Waals surface area contributed by atoms with Crippen molar-refractivity contribution in [3.05, 3.63) is 45.9 Å². The second-order valence-corrected chi connectivity index (χ2v) is 4.98.